The molecule has 0 bridgehead atoms. The molecule has 0 aromatic carbocycles. The first-order chi connectivity index (χ1) is 27.0. The number of carbonyl (C=O) groups is 3. The molecule has 0 aliphatic carbocycles. The predicted molar refractivity (Wildman–Crippen MR) is 225 cm³/mol. The first-order valence-electron chi connectivity index (χ1n) is 22.3. The predicted octanol–water partition coefficient (Wildman–Crippen LogP) is 7.22. The Balaban J connectivity index is 5.27. The van der Waals surface area contributed by atoms with Crippen molar-refractivity contribution in [2.75, 3.05) is 79.1 Å². The summed E-state index contributed by atoms with van der Waals surface area (Å²) < 4.78 is 35.0. The minimum Gasteiger partial charge on any atom is -0.463 e. The minimum absolute atomic E-state index is 0.146. The fraction of sp³-hybridized carbons (Fsp3) is 0.932. The first kappa shape index (κ1) is 54.2. The number of esters is 3. The maximum absolute atomic E-state index is 13.1. The fourth-order valence-electron chi connectivity index (χ4n) is 7.30. The number of ether oxygens (including phenoxy) is 6. The van der Waals surface area contributed by atoms with Crippen LogP contribution in [0, 0.1) is 40.9 Å². The molecule has 0 aromatic rings. The second-order valence-electron chi connectivity index (χ2n) is 16.3. The zero-order chi connectivity index (χ0) is 42.0. The Hall–Kier alpha value is -1.83. The number of hydrogen-bond acceptors (Lipinski definition) is 12. The molecular formula is C44H87N3O9. The highest BCUT2D eigenvalue weighted by Gasteiger charge is 2.28. The summed E-state index contributed by atoms with van der Waals surface area (Å²) in [7, 11) is 0. The molecule has 12 nitrogen and oxygen atoms in total. The summed E-state index contributed by atoms with van der Waals surface area (Å²) in [4.78, 5) is 38.9. The van der Waals surface area contributed by atoms with Crippen LogP contribution < -0.4 is 17.2 Å². The Morgan fingerprint density at radius 2 is 0.804 bits per heavy atom. The van der Waals surface area contributed by atoms with Gasteiger partial charge in [0, 0.05) is 5.41 Å². The molecule has 0 radical (unpaired) electrons. The lowest BCUT2D eigenvalue weighted by Gasteiger charge is -2.29. The lowest BCUT2D eigenvalue weighted by Crippen LogP contribution is -2.36. The zero-order valence-electron chi connectivity index (χ0n) is 37.0. The van der Waals surface area contributed by atoms with Crippen molar-refractivity contribution in [1.29, 1.82) is 0 Å². The molecule has 0 saturated heterocycles. The topological polar surface area (TPSA) is 185 Å². The summed E-state index contributed by atoms with van der Waals surface area (Å²) in [6, 6.07) is 0. The molecular weight excluding hydrogens is 714 g/mol. The van der Waals surface area contributed by atoms with Gasteiger partial charge in [-0.1, -0.05) is 93.4 Å². The van der Waals surface area contributed by atoms with Crippen LogP contribution in [0.1, 0.15) is 145 Å². The van der Waals surface area contributed by atoms with E-state index in [0.717, 1.165) is 96.3 Å². The number of rotatable bonds is 39. The lowest BCUT2D eigenvalue weighted by atomic mass is 9.88. The van der Waals surface area contributed by atoms with Crippen molar-refractivity contribution in [3.8, 4) is 0 Å². The van der Waals surface area contributed by atoms with Gasteiger partial charge in [0.15, 0.2) is 0 Å². The monoisotopic (exact) mass is 802 g/mol. The van der Waals surface area contributed by atoms with Crippen molar-refractivity contribution >= 4 is 17.9 Å². The van der Waals surface area contributed by atoms with Gasteiger partial charge >= 0.3 is 17.9 Å². The number of hydrogen-bond donors (Lipinski definition) is 3. The lowest BCUT2D eigenvalue weighted by molar-refractivity contribution is -0.152. The molecule has 332 valence electrons. The van der Waals surface area contributed by atoms with Crippen LogP contribution in [0.15, 0.2) is 0 Å². The van der Waals surface area contributed by atoms with Gasteiger partial charge in [0.1, 0.15) is 19.8 Å². The van der Waals surface area contributed by atoms with Crippen molar-refractivity contribution < 1.29 is 42.8 Å². The Kier molecular flexibility index (Phi) is 34.0. The SMILES string of the molecule is CCCCC(C[C@@H](CN)CCC)C(=O)OCCOC[C@@](C)(COCCOC(=O)C(CCC)C[C@H](CN)CCC)COCCOC(=O)C(CCC)C[C@@H](CC)CN. The van der Waals surface area contributed by atoms with E-state index >= 15 is 0 Å². The Bertz CT molecular complexity index is 970. The standard InChI is InChI=1S/C44H87N3O9/c1-8-14-19-40(28-37(31-47)16-10-3)43(50)56-25-22-53-34-44(7,32-51-20-23-54-41(48)38(17-11-4)26-35(13-6)29-45)33-52-21-24-55-42(49)39(18-12-5)27-36(30-46)15-9-2/h35-40H,8-34,45-47H2,1-7H3/t35-,36-,37+,38?,39?,40?,44-/m1/s1. The second-order valence-corrected chi connectivity index (χ2v) is 16.3. The molecule has 0 rings (SSSR count). The van der Waals surface area contributed by atoms with Gasteiger partial charge in [-0.3, -0.25) is 14.4 Å². The smallest absolute Gasteiger partial charge is 0.309 e. The zero-order valence-corrected chi connectivity index (χ0v) is 37.0. The Morgan fingerprint density at radius 3 is 1.11 bits per heavy atom. The van der Waals surface area contributed by atoms with Crippen molar-refractivity contribution in [2.24, 2.45) is 58.1 Å². The van der Waals surface area contributed by atoms with Crippen molar-refractivity contribution in [1.82, 2.24) is 0 Å². The van der Waals surface area contributed by atoms with Gasteiger partial charge in [-0.25, -0.2) is 0 Å². The third-order valence-electron chi connectivity index (χ3n) is 10.8. The van der Waals surface area contributed by atoms with Crippen molar-refractivity contribution in [2.45, 2.75) is 145 Å². The number of nitrogens with two attached hydrogens (primary N) is 3. The molecule has 12 heteroatoms. The van der Waals surface area contributed by atoms with E-state index in [4.69, 9.17) is 45.6 Å². The average Bonchev–Trinajstić information content (AvgIpc) is 3.19. The summed E-state index contributed by atoms with van der Waals surface area (Å²) in [6.45, 7) is 18.3. The van der Waals surface area contributed by atoms with Gasteiger partial charge < -0.3 is 45.6 Å². The van der Waals surface area contributed by atoms with Gasteiger partial charge in [0.05, 0.1) is 57.4 Å². The van der Waals surface area contributed by atoms with Crippen LogP contribution in [-0.4, -0.2) is 97.0 Å². The quantitative estimate of drug-likeness (QED) is 0.0323. The average molecular weight is 802 g/mol. The maximum atomic E-state index is 13.1. The van der Waals surface area contributed by atoms with E-state index in [1.807, 2.05) is 6.92 Å². The van der Waals surface area contributed by atoms with E-state index < -0.39 is 5.41 Å². The molecule has 56 heavy (non-hydrogen) atoms. The molecule has 6 N–H and O–H groups in total. The maximum Gasteiger partial charge on any atom is 0.309 e. The molecule has 7 atom stereocenters. The van der Waals surface area contributed by atoms with Crippen LogP contribution in [0.25, 0.3) is 0 Å². The van der Waals surface area contributed by atoms with Gasteiger partial charge in [-0.05, 0) is 88.8 Å². The highest BCUT2D eigenvalue weighted by Crippen LogP contribution is 2.25. The van der Waals surface area contributed by atoms with E-state index in [1.54, 1.807) is 0 Å². The van der Waals surface area contributed by atoms with E-state index in [9.17, 15) is 14.4 Å². The summed E-state index contributed by atoms with van der Waals surface area (Å²) in [5.74, 6) is -0.152. The van der Waals surface area contributed by atoms with Gasteiger partial charge in [0.2, 0.25) is 0 Å². The van der Waals surface area contributed by atoms with Crippen LogP contribution in [0.5, 0.6) is 0 Å². The summed E-state index contributed by atoms with van der Waals surface area (Å²) in [5.41, 5.74) is 17.3. The molecule has 0 aliphatic heterocycles. The van der Waals surface area contributed by atoms with E-state index in [-0.39, 0.29) is 95.1 Å². The summed E-state index contributed by atoms with van der Waals surface area (Å²) in [6.07, 6.45) is 13.4. The van der Waals surface area contributed by atoms with Crippen molar-refractivity contribution in [3.05, 3.63) is 0 Å². The highest BCUT2D eigenvalue weighted by molar-refractivity contribution is 5.73. The molecule has 0 aliphatic rings. The second kappa shape index (κ2) is 35.1. The van der Waals surface area contributed by atoms with Gasteiger partial charge in [-0.15, -0.1) is 0 Å². The molecule has 0 heterocycles. The van der Waals surface area contributed by atoms with Crippen LogP contribution in [0.3, 0.4) is 0 Å². The van der Waals surface area contributed by atoms with Crippen LogP contribution in [0.2, 0.25) is 0 Å². The van der Waals surface area contributed by atoms with E-state index in [0.29, 0.717) is 37.4 Å². The Labute approximate surface area is 342 Å². The summed E-state index contributed by atoms with van der Waals surface area (Å²) in [5, 5.41) is 0. The van der Waals surface area contributed by atoms with E-state index in [1.165, 1.54) is 0 Å². The van der Waals surface area contributed by atoms with Crippen LogP contribution in [-0.2, 0) is 42.8 Å². The molecule has 0 fully saturated rings. The minimum atomic E-state index is -0.574. The van der Waals surface area contributed by atoms with Crippen molar-refractivity contribution in [3.63, 3.8) is 0 Å². The largest absolute Gasteiger partial charge is 0.463 e. The molecule has 0 amide bonds. The Morgan fingerprint density at radius 1 is 0.464 bits per heavy atom. The summed E-state index contributed by atoms with van der Waals surface area (Å²) >= 11 is 0. The van der Waals surface area contributed by atoms with E-state index in [2.05, 4.69) is 41.5 Å². The third kappa shape index (κ3) is 25.5. The molecule has 0 spiro atoms. The van der Waals surface area contributed by atoms with Crippen LogP contribution >= 0.6 is 0 Å². The van der Waals surface area contributed by atoms with Gasteiger partial charge in [0.25, 0.3) is 0 Å². The third-order valence-corrected chi connectivity index (χ3v) is 10.8. The molecule has 3 unspecified atom stereocenters. The first-order valence-corrected chi connectivity index (χ1v) is 22.3. The number of carbonyl (C=O) groups excluding carboxylic acids is 3. The fourth-order valence-corrected chi connectivity index (χ4v) is 7.30. The van der Waals surface area contributed by atoms with Gasteiger partial charge in [-0.2, -0.15) is 0 Å². The highest BCUT2D eigenvalue weighted by atomic mass is 16.6. The normalized spacial score (nSPS) is 16.0. The van der Waals surface area contributed by atoms with Crippen LogP contribution in [0.4, 0.5) is 0 Å². The molecule has 0 saturated carbocycles. The number of unbranched alkanes of at least 4 members (excludes halogenated alkanes) is 1. The molecule has 0 aromatic heterocycles.